The van der Waals surface area contributed by atoms with Crippen molar-refractivity contribution in [1.82, 2.24) is 0 Å². The first-order valence-electron chi connectivity index (χ1n) is 8.45. The molecule has 3 rings (SSSR count). The molecule has 1 fully saturated rings. The van der Waals surface area contributed by atoms with E-state index in [4.69, 9.17) is 12.2 Å². The molecule has 0 unspecified atom stereocenters. The fraction of sp³-hybridized carbons (Fsp3) is 0.200. The second-order valence-corrected chi connectivity index (χ2v) is 7.47. The Morgan fingerprint density at radius 1 is 1.08 bits per heavy atom. The Morgan fingerprint density at radius 3 is 2.27 bits per heavy atom. The van der Waals surface area contributed by atoms with E-state index in [2.05, 4.69) is 30.9 Å². The van der Waals surface area contributed by atoms with E-state index in [1.165, 1.54) is 22.3 Å². The maximum Gasteiger partial charge on any atom is 0.270 e. The van der Waals surface area contributed by atoms with Gasteiger partial charge in [-0.25, -0.2) is 0 Å². The van der Waals surface area contributed by atoms with Crippen molar-refractivity contribution in [2.75, 3.05) is 22.9 Å². The summed E-state index contributed by atoms with van der Waals surface area (Å²) in [5.41, 5.74) is 2.79. The molecule has 2 aromatic carbocycles. The summed E-state index contributed by atoms with van der Waals surface area (Å²) in [5.74, 6) is 0.0153. The number of carbonyl (C=O) groups is 1. The van der Waals surface area contributed by atoms with Gasteiger partial charge in [0.15, 0.2) is 4.32 Å². The highest BCUT2D eigenvalue weighted by Gasteiger charge is 2.33. The van der Waals surface area contributed by atoms with Gasteiger partial charge in [0.2, 0.25) is 0 Å². The number of thioether (sulfide) groups is 1. The van der Waals surface area contributed by atoms with Gasteiger partial charge < -0.3 is 10.0 Å². The lowest BCUT2D eigenvalue weighted by atomic mass is 10.1. The molecule has 1 N–H and O–H groups in total. The minimum absolute atomic E-state index is 0.140. The molecule has 4 nitrogen and oxygen atoms in total. The van der Waals surface area contributed by atoms with Gasteiger partial charge in [0.1, 0.15) is 5.75 Å². The highest BCUT2D eigenvalue weighted by Crippen LogP contribution is 2.36. The Morgan fingerprint density at radius 2 is 1.69 bits per heavy atom. The first-order chi connectivity index (χ1) is 12.5. The van der Waals surface area contributed by atoms with Crippen LogP contribution in [0.2, 0.25) is 0 Å². The van der Waals surface area contributed by atoms with Crippen molar-refractivity contribution in [3.63, 3.8) is 0 Å². The molecule has 1 aliphatic heterocycles. The van der Waals surface area contributed by atoms with Gasteiger partial charge in [-0.15, -0.1) is 0 Å². The number of carbonyl (C=O) groups excluding carboxylic acids is 1. The van der Waals surface area contributed by atoms with Gasteiger partial charge in [0, 0.05) is 18.8 Å². The molecule has 0 atom stereocenters. The number of aromatic hydroxyl groups is 1. The van der Waals surface area contributed by atoms with Crippen LogP contribution in [0.3, 0.4) is 0 Å². The van der Waals surface area contributed by atoms with Gasteiger partial charge in [-0.3, -0.25) is 9.69 Å². The van der Waals surface area contributed by atoms with Crippen LogP contribution in [-0.4, -0.2) is 28.4 Å². The molecule has 134 valence electrons. The van der Waals surface area contributed by atoms with E-state index in [1.54, 1.807) is 24.3 Å². The van der Waals surface area contributed by atoms with Crippen LogP contribution >= 0.6 is 24.0 Å². The normalized spacial score (nSPS) is 15.8. The average Bonchev–Trinajstić information content (AvgIpc) is 2.92. The van der Waals surface area contributed by atoms with Crippen molar-refractivity contribution in [1.29, 1.82) is 0 Å². The Labute approximate surface area is 163 Å². The first-order valence-corrected chi connectivity index (χ1v) is 9.68. The summed E-state index contributed by atoms with van der Waals surface area (Å²) in [6.07, 6.45) is 1.87. The predicted molar refractivity (Wildman–Crippen MR) is 114 cm³/mol. The number of thiocarbonyl (C=S) groups is 1. The molecule has 1 heterocycles. The quantitative estimate of drug-likeness (QED) is 0.601. The summed E-state index contributed by atoms with van der Waals surface area (Å²) in [5, 5.41) is 9.42. The molecule has 0 bridgehead atoms. The largest absolute Gasteiger partial charge is 0.508 e. The van der Waals surface area contributed by atoms with Gasteiger partial charge >= 0.3 is 0 Å². The van der Waals surface area contributed by atoms with E-state index in [0.29, 0.717) is 14.9 Å². The second-order valence-electron chi connectivity index (χ2n) is 5.80. The SMILES string of the molecule is CCN(CC)c1ccc(C=C2SC(=S)N(c3ccc(O)cc3)C2=O)cc1. The molecule has 0 spiro atoms. The minimum Gasteiger partial charge on any atom is -0.508 e. The average molecular weight is 385 g/mol. The highest BCUT2D eigenvalue weighted by atomic mass is 32.2. The smallest absolute Gasteiger partial charge is 0.270 e. The molecular formula is C20H20N2O2S2. The van der Waals surface area contributed by atoms with E-state index >= 15 is 0 Å². The zero-order chi connectivity index (χ0) is 18.7. The van der Waals surface area contributed by atoms with E-state index in [-0.39, 0.29) is 11.7 Å². The lowest BCUT2D eigenvalue weighted by molar-refractivity contribution is -0.113. The lowest BCUT2D eigenvalue weighted by Gasteiger charge is -2.20. The Hall–Kier alpha value is -2.31. The van der Waals surface area contributed by atoms with E-state index in [9.17, 15) is 9.90 Å². The predicted octanol–water partition coefficient (Wildman–Crippen LogP) is 4.64. The van der Waals surface area contributed by atoms with Crippen LogP contribution < -0.4 is 9.80 Å². The van der Waals surface area contributed by atoms with Gasteiger partial charge in [-0.05, 0) is 61.9 Å². The van der Waals surface area contributed by atoms with Crippen molar-refractivity contribution in [2.24, 2.45) is 0 Å². The fourth-order valence-corrected chi connectivity index (χ4v) is 4.11. The Kier molecular flexibility index (Phi) is 5.64. The van der Waals surface area contributed by atoms with Crippen molar-refractivity contribution in [3.05, 3.63) is 59.0 Å². The first kappa shape index (κ1) is 18.5. The van der Waals surface area contributed by atoms with Crippen LogP contribution in [0.5, 0.6) is 5.75 Å². The fourth-order valence-electron chi connectivity index (χ4n) is 2.81. The summed E-state index contributed by atoms with van der Waals surface area (Å²) in [7, 11) is 0. The van der Waals surface area contributed by atoms with Crippen molar-refractivity contribution in [3.8, 4) is 5.75 Å². The lowest BCUT2D eigenvalue weighted by Crippen LogP contribution is -2.27. The van der Waals surface area contributed by atoms with Crippen LogP contribution in [0.4, 0.5) is 11.4 Å². The van der Waals surface area contributed by atoms with Crippen LogP contribution in [0.1, 0.15) is 19.4 Å². The summed E-state index contributed by atoms with van der Waals surface area (Å²) in [4.78, 5) is 17.1. The molecule has 0 aliphatic carbocycles. The Bertz CT molecular complexity index is 841. The summed E-state index contributed by atoms with van der Waals surface area (Å²) < 4.78 is 0.492. The topological polar surface area (TPSA) is 43.8 Å². The minimum atomic E-state index is -0.140. The number of hydrogen-bond donors (Lipinski definition) is 1. The van der Waals surface area contributed by atoms with Crippen LogP contribution in [0, 0.1) is 0 Å². The zero-order valence-corrected chi connectivity index (χ0v) is 16.3. The molecular weight excluding hydrogens is 364 g/mol. The maximum atomic E-state index is 12.8. The van der Waals surface area contributed by atoms with Crippen molar-refractivity contribution in [2.45, 2.75) is 13.8 Å². The summed E-state index contributed by atoms with van der Waals surface area (Å²) >= 11 is 6.66. The van der Waals surface area contributed by atoms with Gasteiger partial charge in [-0.2, -0.15) is 0 Å². The monoisotopic (exact) mass is 384 g/mol. The summed E-state index contributed by atoms with van der Waals surface area (Å²) in [6.45, 7) is 6.18. The number of hydrogen-bond acceptors (Lipinski definition) is 5. The number of nitrogens with zero attached hydrogens (tertiary/aromatic N) is 2. The number of anilines is 2. The van der Waals surface area contributed by atoms with E-state index in [1.807, 2.05) is 18.2 Å². The van der Waals surface area contributed by atoms with Crippen molar-refractivity contribution < 1.29 is 9.90 Å². The number of phenolic OH excluding ortho intramolecular Hbond substituents is 1. The third kappa shape index (κ3) is 3.76. The molecule has 1 saturated heterocycles. The molecule has 1 aliphatic rings. The van der Waals surface area contributed by atoms with Crippen LogP contribution in [0.25, 0.3) is 6.08 Å². The van der Waals surface area contributed by atoms with Crippen molar-refractivity contribution >= 4 is 51.7 Å². The number of phenols is 1. The van der Waals surface area contributed by atoms with Gasteiger partial charge in [0.25, 0.3) is 5.91 Å². The summed E-state index contributed by atoms with van der Waals surface area (Å²) in [6, 6.07) is 14.6. The van der Waals surface area contributed by atoms with Crippen LogP contribution in [-0.2, 0) is 4.79 Å². The highest BCUT2D eigenvalue weighted by molar-refractivity contribution is 8.27. The molecule has 0 aromatic heterocycles. The molecule has 6 heteroatoms. The second kappa shape index (κ2) is 7.93. The van der Waals surface area contributed by atoms with E-state index in [0.717, 1.165) is 18.7 Å². The number of rotatable bonds is 5. The zero-order valence-electron chi connectivity index (χ0n) is 14.7. The molecule has 2 aromatic rings. The number of benzene rings is 2. The molecule has 1 amide bonds. The molecule has 26 heavy (non-hydrogen) atoms. The van der Waals surface area contributed by atoms with Gasteiger partial charge in [0.05, 0.1) is 10.6 Å². The third-order valence-electron chi connectivity index (χ3n) is 4.22. The van der Waals surface area contributed by atoms with Crippen LogP contribution in [0.15, 0.2) is 53.4 Å². The molecule has 0 saturated carbocycles. The van der Waals surface area contributed by atoms with Gasteiger partial charge in [-0.1, -0.05) is 36.1 Å². The molecule has 0 radical (unpaired) electrons. The Balaban J connectivity index is 1.82. The third-order valence-corrected chi connectivity index (χ3v) is 5.52. The number of amides is 1. The maximum absolute atomic E-state index is 12.8. The van der Waals surface area contributed by atoms with E-state index < -0.39 is 0 Å². The standard InChI is InChI=1S/C20H20N2O2S2/c1-3-21(4-2)15-7-5-14(6-8-15)13-18-19(24)22(20(25)26-18)16-9-11-17(23)12-10-16/h5-13,23H,3-4H2,1-2H3.